The maximum Gasteiger partial charge on any atom is 0.0992 e. The number of rotatable bonds is 3. The van der Waals surface area contributed by atoms with E-state index in [1.807, 2.05) is 36.4 Å². The minimum Gasteiger partial charge on any atom is -0.389 e. The van der Waals surface area contributed by atoms with Crippen molar-refractivity contribution in [2.24, 2.45) is 0 Å². The second-order valence-electron chi connectivity index (χ2n) is 4.10. The number of aliphatic hydroxyl groups is 1. The van der Waals surface area contributed by atoms with Gasteiger partial charge in [0, 0.05) is 14.3 Å². The molecule has 1 unspecified atom stereocenters. The summed E-state index contributed by atoms with van der Waals surface area (Å²) in [6.07, 6.45) is -0.553. The van der Waals surface area contributed by atoms with E-state index in [4.69, 9.17) is 5.26 Å². The lowest BCUT2D eigenvalue weighted by Gasteiger charge is -2.12. The van der Waals surface area contributed by atoms with Crippen LogP contribution in [-0.2, 0) is 0 Å². The van der Waals surface area contributed by atoms with Crippen LogP contribution >= 0.6 is 27.7 Å². The van der Waals surface area contributed by atoms with Crippen LogP contribution in [0.2, 0.25) is 0 Å². The molecule has 0 radical (unpaired) electrons. The first-order chi connectivity index (χ1) is 9.10. The van der Waals surface area contributed by atoms with E-state index < -0.39 is 6.10 Å². The second kappa shape index (κ2) is 6.25. The molecule has 0 saturated heterocycles. The van der Waals surface area contributed by atoms with Crippen LogP contribution in [0.4, 0.5) is 0 Å². The number of aliphatic hydroxyl groups excluding tert-OH is 1. The number of nitrogens with zero attached hydrogens (tertiary/aromatic N) is 1. The van der Waals surface area contributed by atoms with E-state index in [0.29, 0.717) is 5.56 Å². The summed E-state index contributed by atoms with van der Waals surface area (Å²) in [6, 6.07) is 15.4. The smallest absolute Gasteiger partial charge is 0.0992 e. The molecule has 19 heavy (non-hydrogen) atoms. The quantitative estimate of drug-likeness (QED) is 0.897. The molecule has 0 aliphatic heterocycles. The number of halogens is 1. The fourth-order valence-electron chi connectivity index (χ4n) is 1.69. The molecule has 1 atom stereocenters. The van der Waals surface area contributed by atoms with Gasteiger partial charge in [-0.1, -0.05) is 39.8 Å². The zero-order valence-corrected chi connectivity index (χ0v) is 12.7. The largest absolute Gasteiger partial charge is 0.389 e. The summed E-state index contributed by atoms with van der Waals surface area (Å²) in [5, 5.41) is 18.8. The number of benzene rings is 2. The molecule has 0 fully saturated rings. The molecule has 96 valence electrons. The summed E-state index contributed by atoms with van der Waals surface area (Å²) in [5.74, 6) is 0. The van der Waals surface area contributed by atoms with Gasteiger partial charge in [-0.05, 0) is 42.8 Å². The highest BCUT2D eigenvalue weighted by atomic mass is 79.9. The molecular weight excluding hydrogens is 322 g/mol. The molecule has 0 spiro atoms. The predicted octanol–water partition coefficient (Wildman–Crippen LogP) is 4.53. The normalized spacial score (nSPS) is 11.9. The van der Waals surface area contributed by atoms with Gasteiger partial charge in [0.05, 0.1) is 17.7 Å². The zero-order valence-electron chi connectivity index (χ0n) is 10.3. The molecule has 4 heteroatoms. The molecule has 0 heterocycles. The van der Waals surface area contributed by atoms with Crippen molar-refractivity contribution >= 4 is 27.7 Å². The Labute approximate surface area is 125 Å². The van der Waals surface area contributed by atoms with E-state index in [0.717, 1.165) is 19.8 Å². The van der Waals surface area contributed by atoms with Gasteiger partial charge in [-0.25, -0.2) is 0 Å². The van der Waals surface area contributed by atoms with Crippen molar-refractivity contribution in [3.8, 4) is 6.07 Å². The fourth-order valence-corrected chi connectivity index (χ4v) is 3.37. The van der Waals surface area contributed by atoms with Crippen molar-refractivity contribution in [1.82, 2.24) is 0 Å². The maximum absolute atomic E-state index is 9.80. The first-order valence-corrected chi connectivity index (χ1v) is 7.36. The summed E-state index contributed by atoms with van der Waals surface area (Å²) in [7, 11) is 0. The van der Waals surface area contributed by atoms with Crippen molar-refractivity contribution in [3.63, 3.8) is 0 Å². The van der Waals surface area contributed by atoms with Crippen LogP contribution in [0.1, 0.15) is 24.2 Å². The van der Waals surface area contributed by atoms with Crippen LogP contribution in [0.25, 0.3) is 0 Å². The lowest BCUT2D eigenvalue weighted by molar-refractivity contribution is 0.196. The highest BCUT2D eigenvalue weighted by molar-refractivity contribution is 9.10. The Hall–Kier alpha value is -1.28. The molecule has 2 aromatic carbocycles. The van der Waals surface area contributed by atoms with Crippen molar-refractivity contribution in [3.05, 3.63) is 58.1 Å². The van der Waals surface area contributed by atoms with Crippen LogP contribution in [0, 0.1) is 11.3 Å². The summed E-state index contributed by atoms with van der Waals surface area (Å²) in [4.78, 5) is 1.97. The predicted molar refractivity (Wildman–Crippen MR) is 80.1 cm³/mol. The third kappa shape index (κ3) is 3.60. The Morgan fingerprint density at radius 3 is 2.68 bits per heavy atom. The zero-order chi connectivity index (χ0) is 13.8. The average molecular weight is 334 g/mol. The average Bonchev–Trinajstić information content (AvgIpc) is 2.38. The minimum absolute atomic E-state index is 0.553. The molecule has 2 aromatic rings. The van der Waals surface area contributed by atoms with Crippen molar-refractivity contribution in [1.29, 1.82) is 5.26 Å². The molecule has 0 aromatic heterocycles. The highest BCUT2D eigenvalue weighted by Gasteiger charge is 2.10. The Balaban J connectivity index is 2.40. The molecule has 0 bridgehead atoms. The van der Waals surface area contributed by atoms with Gasteiger partial charge in [0.15, 0.2) is 0 Å². The first kappa shape index (κ1) is 14.1. The van der Waals surface area contributed by atoms with Crippen LogP contribution < -0.4 is 0 Å². The topological polar surface area (TPSA) is 44.0 Å². The van der Waals surface area contributed by atoms with Crippen molar-refractivity contribution in [2.45, 2.75) is 22.8 Å². The van der Waals surface area contributed by atoms with Crippen molar-refractivity contribution < 1.29 is 5.11 Å². The van der Waals surface area contributed by atoms with Gasteiger partial charge in [0.25, 0.3) is 0 Å². The summed E-state index contributed by atoms with van der Waals surface area (Å²) >= 11 is 4.98. The SMILES string of the molecule is CC(O)c1ccc(C#N)cc1Sc1cccc(Br)c1. The highest BCUT2D eigenvalue weighted by Crippen LogP contribution is 2.35. The summed E-state index contributed by atoms with van der Waals surface area (Å²) in [5.41, 5.74) is 1.44. The number of nitriles is 1. The van der Waals surface area contributed by atoms with Gasteiger partial charge in [0.2, 0.25) is 0 Å². The molecule has 0 amide bonds. The Kier molecular flexibility index (Phi) is 4.65. The monoisotopic (exact) mass is 333 g/mol. The Bertz CT molecular complexity index is 634. The molecule has 2 nitrogen and oxygen atoms in total. The van der Waals surface area contributed by atoms with E-state index in [9.17, 15) is 5.11 Å². The minimum atomic E-state index is -0.553. The van der Waals surface area contributed by atoms with Crippen LogP contribution in [0.3, 0.4) is 0 Å². The first-order valence-electron chi connectivity index (χ1n) is 5.75. The van der Waals surface area contributed by atoms with Gasteiger partial charge in [-0.2, -0.15) is 5.26 Å². The standard InChI is InChI=1S/C15H12BrNOS/c1-10(18)14-6-5-11(9-17)7-15(14)19-13-4-2-3-12(16)8-13/h2-8,10,18H,1H3. The van der Waals surface area contributed by atoms with E-state index in [2.05, 4.69) is 22.0 Å². The van der Waals surface area contributed by atoms with E-state index in [-0.39, 0.29) is 0 Å². The van der Waals surface area contributed by atoms with Gasteiger partial charge in [-0.15, -0.1) is 0 Å². The van der Waals surface area contributed by atoms with Gasteiger partial charge >= 0.3 is 0 Å². The lowest BCUT2D eigenvalue weighted by Crippen LogP contribution is -1.94. The van der Waals surface area contributed by atoms with Crippen LogP contribution in [0.5, 0.6) is 0 Å². The van der Waals surface area contributed by atoms with Crippen molar-refractivity contribution in [2.75, 3.05) is 0 Å². The van der Waals surface area contributed by atoms with Gasteiger partial charge < -0.3 is 5.11 Å². The third-order valence-electron chi connectivity index (χ3n) is 2.62. The second-order valence-corrected chi connectivity index (χ2v) is 6.13. The van der Waals surface area contributed by atoms with Gasteiger partial charge in [0.1, 0.15) is 0 Å². The lowest BCUT2D eigenvalue weighted by atomic mass is 10.1. The molecule has 1 N–H and O–H groups in total. The van der Waals surface area contributed by atoms with E-state index in [1.165, 1.54) is 0 Å². The van der Waals surface area contributed by atoms with Crippen LogP contribution in [-0.4, -0.2) is 5.11 Å². The Morgan fingerprint density at radius 2 is 2.05 bits per heavy atom. The molecule has 2 rings (SSSR count). The molecule has 0 aliphatic carbocycles. The van der Waals surface area contributed by atoms with Crippen LogP contribution in [0.15, 0.2) is 56.7 Å². The number of hydrogen-bond acceptors (Lipinski definition) is 3. The Morgan fingerprint density at radius 1 is 1.26 bits per heavy atom. The fraction of sp³-hybridized carbons (Fsp3) is 0.133. The third-order valence-corrected chi connectivity index (χ3v) is 4.17. The summed E-state index contributed by atoms with van der Waals surface area (Å²) < 4.78 is 1.01. The van der Waals surface area contributed by atoms with Gasteiger partial charge in [-0.3, -0.25) is 0 Å². The number of hydrogen-bond donors (Lipinski definition) is 1. The summed E-state index contributed by atoms with van der Waals surface area (Å²) in [6.45, 7) is 1.73. The molecule has 0 aliphatic rings. The van der Waals surface area contributed by atoms with E-state index >= 15 is 0 Å². The van der Waals surface area contributed by atoms with E-state index in [1.54, 1.807) is 24.8 Å². The maximum atomic E-state index is 9.80. The molecular formula is C15H12BrNOS. The molecule has 0 saturated carbocycles.